The molecular weight excluding hydrogens is 254 g/mol. The Morgan fingerprint density at radius 3 is 2.45 bits per heavy atom. The Kier molecular flexibility index (Phi) is 5.15. The van der Waals surface area contributed by atoms with E-state index in [4.69, 9.17) is 9.84 Å². The fourth-order valence-corrected chi connectivity index (χ4v) is 1.89. The third kappa shape index (κ3) is 3.59. The molecule has 0 saturated heterocycles. The Labute approximate surface area is 118 Å². The van der Waals surface area contributed by atoms with Crippen molar-refractivity contribution in [1.29, 1.82) is 0 Å². The first kappa shape index (κ1) is 14.1. The lowest BCUT2D eigenvalue weighted by Gasteiger charge is -2.19. The first-order chi connectivity index (χ1) is 9.85. The van der Waals surface area contributed by atoms with Crippen LogP contribution in [0.2, 0.25) is 0 Å². The van der Waals surface area contributed by atoms with Gasteiger partial charge in [-0.05, 0) is 17.7 Å². The summed E-state index contributed by atoms with van der Waals surface area (Å²) in [7, 11) is 0. The second-order valence-corrected chi connectivity index (χ2v) is 4.26. The molecule has 0 aromatic heterocycles. The van der Waals surface area contributed by atoms with E-state index in [9.17, 15) is 4.79 Å². The van der Waals surface area contributed by atoms with Crippen molar-refractivity contribution in [1.82, 2.24) is 0 Å². The summed E-state index contributed by atoms with van der Waals surface area (Å²) >= 11 is 0. The van der Waals surface area contributed by atoms with E-state index in [1.807, 2.05) is 48.5 Å². The Hall–Kier alpha value is -2.33. The number of carbonyl (C=O) groups excluding carboxylic acids is 1. The molecule has 2 rings (SSSR count). The van der Waals surface area contributed by atoms with Gasteiger partial charge in [-0.3, -0.25) is 4.79 Å². The van der Waals surface area contributed by atoms with Crippen LogP contribution in [0.4, 0.5) is 5.69 Å². The van der Waals surface area contributed by atoms with Crippen molar-refractivity contribution in [3.05, 3.63) is 60.2 Å². The van der Waals surface area contributed by atoms with Crippen LogP contribution in [0.5, 0.6) is 5.75 Å². The summed E-state index contributed by atoms with van der Waals surface area (Å²) in [5, 5.41) is 8.99. The number of hydrogen-bond acceptors (Lipinski definition) is 3. The fourth-order valence-electron chi connectivity index (χ4n) is 1.89. The minimum Gasteiger partial charge on any atom is -0.487 e. The highest BCUT2D eigenvalue weighted by Crippen LogP contribution is 2.27. The molecule has 0 unspecified atom stereocenters. The van der Waals surface area contributed by atoms with E-state index in [2.05, 4.69) is 0 Å². The lowest BCUT2D eigenvalue weighted by atomic mass is 10.2. The Morgan fingerprint density at radius 2 is 1.75 bits per heavy atom. The number of carbonyl (C=O) groups is 1. The number of aliphatic hydroxyl groups excluding tert-OH is 1. The molecule has 0 bridgehead atoms. The third-order valence-corrected chi connectivity index (χ3v) is 2.88. The van der Waals surface area contributed by atoms with Gasteiger partial charge in [-0.1, -0.05) is 42.5 Å². The van der Waals surface area contributed by atoms with E-state index in [1.165, 1.54) is 4.90 Å². The highest BCUT2D eigenvalue weighted by molar-refractivity contribution is 5.78. The van der Waals surface area contributed by atoms with E-state index in [1.54, 1.807) is 6.07 Å². The van der Waals surface area contributed by atoms with Crippen molar-refractivity contribution >= 4 is 12.1 Å². The standard InChI is InChI=1S/C16H17NO3/c18-11-10-17(13-19)15-8-4-5-9-16(15)20-12-14-6-2-1-3-7-14/h1-9,13,18H,10-12H2. The predicted octanol–water partition coefficient (Wildman–Crippen LogP) is 2.22. The Morgan fingerprint density at radius 1 is 1.05 bits per heavy atom. The lowest BCUT2D eigenvalue weighted by molar-refractivity contribution is -0.107. The normalized spacial score (nSPS) is 10.1. The van der Waals surface area contributed by atoms with E-state index in [0.717, 1.165) is 5.56 Å². The van der Waals surface area contributed by atoms with Gasteiger partial charge in [0.2, 0.25) is 6.41 Å². The average Bonchev–Trinajstić information content (AvgIpc) is 2.52. The number of anilines is 1. The molecule has 0 fully saturated rings. The topological polar surface area (TPSA) is 49.8 Å². The van der Waals surface area contributed by atoms with Crippen molar-refractivity contribution in [3.8, 4) is 5.75 Å². The zero-order valence-electron chi connectivity index (χ0n) is 11.1. The molecule has 0 saturated carbocycles. The number of rotatable bonds is 7. The quantitative estimate of drug-likeness (QED) is 0.786. The molecule has 0 aliphatic carbocycles. The summed E-state index contributed by atoms with van der Waals surface area (Å²) in [5.74, 6) is 0.622. The maximum Gasteiger partial charge on any atom is 0.214 e. The molecule has 0 radical (unpaired) electrons. The van der Waals surface area contributed by atoms with Crippen LogP contribution in [-0.4, -0.2) is 24.7 Å². The van der Waals surface area contributed by atoms with Gasteiger partial charge in [0.1, 0.15) is 12.4 Å². The van der Waals surface area contributed by atoms with Crippen molar-refractivity contribution < 1.29 is 14.6 Å². The van der Waals surface area contributed by atoms with Crippen molar-refractivity contribution in [2.45, 2.75) is 6.61 Å². The van der Waals surface area contributed by atoms with E-state index in [0.29, 0.717) is 24.5 Å². The van der Waals surface area contributed by atoms with Crippen LogP contribution in [0, 0.1) is 0 Å². The molecule has 4 nitrogen and oxygen atoms in total. The number of ether oxygens (including phenoxy) is 1. The largest absolute Gasteiger partial charge is 0.487 e. The van der Waals surface area contributed by atoms with Crippen molar-refractivity contribution in [2.75, 3.05) is 18.1 Å². The predicted molar refractivity (Wildman–Crippen MR) is 77.7 cm³/mol. The molecule has 104 valence electrons. The van der Waals surface area contributed by atoms with E-state index >= 15 is 0 Å². The van der Waals surface area contributed by atoms with Gasteiger partial charge in [0.05, 0.1) is 12.3 Å². The molecule has 1 amide bonds. The van der Waals surface area contributed by atoms with Gasteiger partial charge >= 0.3 is 0 Å². The number of benzene rings is 2. The van der Waals surface area contributed by atoms with Crippen LogP contribution in [0.3, 0.4) is 0 Å². The zero-order chi connectivity index (χ0) is 14.2. The molecule has 20 heavy (non-hydrogen) atoms. The molecular formula is C16H17NO3. The Balaban J connectivity index is 2.13. The summed E-state index contributed by atoms with van der Waals surface area (Å²) in [6, 6.07) is 17.1. The molecule has 2 aromatic carbocycles. The maximum atomic E-state index is 11.1. The smallest absolute Gasteiger partial charge is 0.214 e. The minimum atomic E-state index is -0.0915. The van der Waals surface area contributed by atoms with Gasteiger partial charge in [-0.15, -0.1) is 0 Å². The lowest BCUT2D eigenvalue weighted by Crippen LogP contribution is -2.25. The summed E-state index contributed by atoms with van der Waals surface area (Å²) in [6.07, 6.45) is 0.695. The monoisotopic (exact) mass is 271 g/mol. The SMILES string of the molecule is O=CN(CCO)c1ccccc1OCc1ccccc1. The van der Waals surface area contributed by atoms with Crippen LogP contribution in [-0.2, 0) is 11.4 Å². The fraction of sp³-hybridized carbons (Fsp3) is 0.188. The molecule has 1 N–H and O–H groups in total. The van der Waals surface area contributed by atoms with Crippen LogP contribution < -0.4 is 9.64 Å². The number of para-hydroxylation sites is 2. The summed E-state index contributed by atoms with van der Waals surface area (Å²) in [4.78, 5) is 12.5. The number of aliphatic hydroxyl groups is 1. The zero-order valence-corrected chi connectivity index (χ0v) is 11.1. The number of nitrogens with zero attached hydrogens (tertiary/aromatic N) is 1. The van der Waals surface area contributed by atoms with Crippen LogP contribution in [0.15, 0.2) is 54.6 Å². The summed E-state index contributed by atoms with van der Waals surface area (Å²) in [5.41, 5.74) is 1.72. The van der Waals surface area contributed by atoms with Gasteiger partial charge in [0.15, 0.2) is 0 Å². The van der Waals surface area contributed by atoms with Gasteiger partial charge in [0.25, 0.3) is 0 Å². The van der Waals surface area contributed by atoms with Crippen LogP contribution >= 0.6 is 0 Å². The maximum absolute atomic E-state index is 11.1. The summed E-state index contributed by atoms with van der Waals surface area (Å²) in [6.45, 7) is 0.588. The molecule has 2 aromatic rings. The molecule has 0 spiro atoms. The second kappa shape index (κ2) is 7.31. The van der Waals surface area contributed by atoms with Crippen molar-refractivity contribution in [3.63, 3.8) is 0 Å². The minimum absolute atomic E-state index is 0.0915. The summed E-state index contributed by atoms with van der Waals surface area (Å²) < 4.78 is 5.77. The molecule has 0 aliphatic rings. The van der Waals surface area contributed by atoms with Gasteiger partial charge in [-0.25, -0.2) is 0 Å². The molecule has 0 atom stereocenters. The van der Waals surface area contributed by atoms with E-state index in [-0.39, 0.29) is 13.2 Å². The highest BCUT2D eigenvalue weighted by atomic mass is 16.5. The first-order valence-electron chi connectivity index (χ1n) is 6.43. The van der Waals surface area contributed by atoms with Crippen LogP contribution in [0.1, 0.15) is 5.56 Å². The van der Waals surface area contributed by atoms with Gasteiger partial charge < -0.3 is 14.7 Å². The average molecular weight is 271 g/mol. The number of amides is 1. The van der Waals surface area contributed by atoms with Crippen LogP contribution in [0.25, 0.3) is 0 Å². The van der Waals surface area contributed by atoms with Gasteiger partial charge in [0, 0.05) is 6.54 Å². The van der Waals surface area contributed by atoms with Crippen molar-refractivity contribution in [2.24, 2.45) is 0 Å². The van der Waals surface area contributed by atoms with E-state index < -0.39 is 0 Å². The van der Waals surface area contributed by atoms with Gasteiger partial charge in [-0.2, -0.15) is 0 Å². The molecule has 4 heteroatoms. The Bertz CT molecular complexity index is 542. The molecule has 0 aliphatic heterocycles. The third-order valence-electron chi connectivity index (χ3n) is 2.88. The molecule has 0 heterocycles. The highest BCUT2D eigenvalue weighted by Gasteiger charge is 2.10. The number of hydrogen-bond donors (Lipinski definition) is 1. The second-order valence-electron chi connectivity index (χ2n) is 4.26. The first-order valence-corrected chi connectivity index (χ1v) is 6.43.